The van der Waals surface area contributed by atoms with Crippen molar-refractivity contribution < 1.29 is 9.59 Å². The largest absolute Gasteiger partial charge is 0.369 e. The Labute approximate surface area is 161 Å². The van der Waals surface area contributed by atoms with E-state index < -0.39 is 0 Å². The molecule has 1 fully saturated rings. The number of ketones is 1. The molecule has 0 unspecified atom stereocenters. The van der Waals surface area contributed by atoms with E-state index in [1.165, 1.54) is 18.2 Å². The molecule has 1 N–H and O–H groups in total. The van der Waals surface area contributed by atoms with Crippen molar-refractivity contribution in [2.45, 2.75) is 26.8 Å². The van der Waals surface area contributed by atoms with Crippen LogP contribution >= 0.6 is 0 Å². The highest BCUT2D eigenvalue weighted by Gasteiger charge is 2.25. The van der Waals surface area contributed by atoms with Crippen molar-refractivity contribution in [3.8, 4) is 0 Å². The summed E-state index contributed by atoms with van der Waals surface area (Å²) < 4.78 is 0. The van der Waals surface area contributed by atoms with Crippen molar-refractivity contribution in [3.63, 3.8) is 0 Å². The maximum atomic E-state index is 12.6. The van der Waals surface area contributed by atoms with Crippen molar-refractivity contribution in [2.75, 3.05) is 36.4 Å². The molecule has 1 aliphatic rings. The van der Waals surface area contributed by atoms with Gasteiger partial charge in [0.25, 0.3) is 0 Å². The van der Waals surface area contributed by atoms with Crippen LogP contribution in [0.4, 0.5) is 11.4 Å². The zero-order valence-corrected chi connectivity index (χ0v) is 16.2. The maximum Gasteiger partial charge on any atom is 0.241 e. The molecular formula is C22H27N3O2. The third-order valence-corrected chi connectivity index (χ3v) is 5.17. The molecule has 1 atom stereocenters. The SMILES string of the molecule is CC(=O)c1ccc(NC(=O)[C@H](C)N2CCN(c3cccc(C)c3)CC2)cc1. The molecule has 27 heavy (non-hydrogen) atoms. The molecule has 0 aromatic heterocycles. The van der Waals surface area contributed by atoms with Crippen molar-refractivity contribution in [1.29, 1.82) is 0 Å². The molecule has 1 amide bonds. The number of benzene rings is 2. The van der Waals surface area contributed by atoms with Crippen molar-refractivity contribution in [1.82, 2.24) is 4.90 Å². The highest BCUT2D eigenvalue weighted by molar-refractivity contribution is 5.97. The third kappa shape index (κ3) is 4.74. The molecular weight excluding hydrogens is 338 g/mol. The van der Waals surface area contributed by atoms with Gasteiger partial charge in [0.05, 0.1) is 6.04 Å². The summed E-state index contributed by atoms with van der Waals surface area (Å²) in [5, 5.41) is 2.95. The van der Waals surface area contributed by atoms with Crippen LogP contribution in [-0.4, -0.2) is 48.8 Å². The van der Waals surface area contributed by atoms with Crippen LogP contribution in [0.5, 0.6) is 0 Å². The van der Waals surface area contributed by atoms with Gasteiger partial charge in [0.15, 0.2) is 5.78 Å². The standard InChI is InChI=1S/C22H27N3O2/c1-16-5-4-6-21(15-16)25-13-11-24(12-14-25)17(2)22(27)23-20-9-7-19(8-10-20)18(3)26/h4-10,15,17H,11-14H2,1-3H3,(H,23,27)/t17-/m0/s1. The van der Waals surface area contributed by atoms with Gasteiger partial charge in [-0.2, -0.15) is 0 Å². The molecule has 0 radical (unpaired) electrons. The predicted molar refractivity (Wildman–Crippen MR) is 110 cm³/mol. The van der Waals surface area contributed by atoms with Crippen LogP contribution in [0.2, 0.25) is 0 Å². The van der Waals surface area contributed by atoms with Crippen LogP contribution in [0, 0.1) is 6.92 Å². The lowest BCUT2D eigenvalue weighted by molar-refractivity contribution is -0.120. The van der Waals surface area contributed by atoms with E-state index in [9.17, 15) is 9.59 Å². The Morgan fingerprint density at radius 2 is 1.67 bits per heavy atom. The van der Waals surface area contributed by atoms with Gasteiger partial charge < -0.3 is 10.2 Å². The number of rotatable bonds is 5. The summed E-state index contributed by atoms with van der Waals surface area (Å²) >= 11 is 0. The molecule has 2 aromatic carbocycles. The lowest BCUT2D eigenvalue weighted by Crippen LogP contribution is -2.52. The second-order valence-electron chi connectivity index (χ2n) is 7.16. The van der Waals surface area contributed by atoms with Gasteiger partial charge in [-0.25, -0.2) is 0 Å². The molecule has 0 aliphatic carbocycles. The van der Waals surface area contributed by atoms with E-state index in [1.807, 2.05) is 6.92 Å². The van der Waals surface area contributed by atoms with Crippen LogP contribution < -0.4 is 10.2 Å². The van der Waals surface area contributed by atoms with E-state index >= 15 is 0 Å². The molecule has 2 aromatic rings. The minimum Gasteiger partial charge on any atom is -0.369 e. The Morgan fingerprint density at radius 3 is 2.26 bits per heavy atom. The summed E-state index contributed by atoms with van der Waals surface area (Å²) in [5.74, 6) is 0.00214. The molecule has 0 bridgehead atoms. The Bertz CT molecular complexity index is 809. The summed E-state index contributed by atoms with van der Waals surface area (Å²) in [6.45, 7) is 9.11. The normalized spacial score (nSPS) is 16.0. The quantitative estimate of drug-likeness (QED) is 0.826. The van der Waals surface area contributed by atoms with Crippen LogP contribution in [0.3, 0.4) is 0 Å². The molecule has 142 valence electrons. The summed E-state index contributed by atoms with van der Waals surface area (Å²) in [6.07, 6.45) is 0. The van der Waals surface area contributed by atoms with E-state index in [0.29, 0.717) is 5.56 Å². The van der Waals surface area contributed by atoms with Crippen LogP contribution in [-0.2, 0) is 4.79 Å². The van der Waals surface area contributed by atoms with Gasteiger partial charge in [0, 0.05) is 43.1 Å². The number of nitrogens with one attached hydrogen (secondary N) is 1. The number of carbonyl (C=O) groups excluding carboxylic acids is 2. The number of nitrogens with zero attached hydrogens (tertiary/aromatic N) is 2. The zero-order chi connectivity index (χ0) is 19.4. The minimum atomic E-state index is -0.197. The van der Waals surface area contributed by atoms with Crippen LogP contribution in [0.25, 0.3) is 0 Å². The Hall–Kier alpha value is -2.66. The molecule has 5 heteroatoms. The van der Waals surface area contributed by atoms with Gasteiger partial charge in [-0.05, 0) is 62.7 Å². The number of anilines is 2. The van der Waals surface area contributed by atoms with Crippen LogP contribution in [0.1, 0.15) is 29.8 Å². The molecule has 0 spiro atoms. The molecule has 1 aliphatic heterocycles. The monoisotopic (exact) mass is 365 g/mol. The van der Waals surface area contributed by atoms with Gasteiger partial charge >= 0.3 is 0 Å². The van der Waals surface area contributed by atoms with E-state index in [0.717, 1.165) is 31.9 Å². The van der Waals surface area contributed by atoms with Gasteiger partial charge in [-0.15, -0.1) is 0 Å². The first-order chi connectivity index (χ1) is 12.9. The predicted octanol–water partition coefficient (Wildman–Crippen LogP) is 3.35. The highest BCUT2D eigenvalue weighted by atomic mass is 16.2. The smallest absolute Gasteiger partial charge is 0.241 e. The highest BCUT2D eigenvalue weighted by Crippen LogP contribution is 2.19. The van der Waals surface area contributed by atoms with E-state index in [4.69, 9.17) is 0 Å². The molecule has 1 saturated heterocycles. The lowest BCUT2D eigenvalue weighted by Gasteiger charge is -2.38. The van der Waals surface area contributed by atoms with Gasteiger partial charge in [-0.1, -0.05) is 12.1 Å². The second-order valence-corrected chi connectivity index (χ2v) is 7.16. The number of hydrogen-bond donors (Lipinski definition) is 1. The summed E-state index contributed by atoms with van der Waals surface area (Å²) in [5.41, 5.74) is 3.87. The molecule has 5 nitrogen and oxygen atoms in total. The fourth-order valence-corrected chi connectivity index (χ4v) is 3.39. The topological polar surface area (TPSA) is 52.7 Å². The number of hydrogen-bond acceptors (Lipinski definition) is 4. The molecule has 0 saturated carbocycles. The van der Waals surface area contributed by atoms with Crippen molar-refractivity contribution >= 4 is 23.1 Å². The Balaban J connectivity index is 1.54. The number of Topliss-reactive ketones (excluding diaryl/α,β-unsaturated/α-hetero) is 1. The van der Waals surface area contributed by atoms with Gasteiger partial charge in [-0.3, -0.25) is 14.5 Å². The first-order valence-electron chi connectivity index (χ1n) is 9.41. The first kappa shape index (κ1) is 19.1. The minimum absolute atomic E-state index is 0.0189. The number of piperazine rings is 1. The Kier molecular flexibility index (Phi) is 5.91. The number of amides is 1. The summed E-state index contributed by atoms with van der Waals surface area (Å²) in [4.78, 5) is 28.5. The number of carbonyl (C=O) groups is 2. The van der Waals surface area contributed by atoms with E-state index in [2.05, 4.69) is 46.3 Å². The number of aryl methyl sites for hydroxylation is 1. The molecule has 1 heterocycles. The Morgan fingerprint density at radius 1 is 1.00 bits per heavy atom. The van der Waals surface area contributed by atoms with Crippen molar-refractivity contribution in [3.05, 3.63) is 59.7 Å². The fraction of sp³-hybridized carbons (Fsp3) is 0.364. The zero-order valence-electron chi connectivity index (χ0n) is 16.2. The second kappa shape index (κ2) is 8.35. The van der Waals surface area contributed by atoms with Gasteiger partial charge in [0.1, 0.15) is 0 Å². The van der Waals surface area contributed by atoms with E-state index in [-0.39, 0.29) is 17.7 Å². The first-order valence-corrected chi connectivity index (χ1v) is 9.41. The average Bonchev–Trinajstić information content (AvgIpc) is 2.68. The summed E-state index contributed by atoms with van der Waals surface area (Å²) in [7, 11) is 0. The summed E-state index contributed by atoms with van der Waals surface area (Å²) in [6, 6.07) is 15.4. The average molecular weight is 365 g/mol. The maximum absolute atomic E-state index is 12.6. The van der Waals surface area contributed by atoms with E-state index in [1.54, 1.807) is 24.3 Å². The fourth-order valence-electron chi connectivity index (χ4n) is 3.39. The van der Waals surface area contributed by atoms with Crippen LogP contribution in [0.15, 0.2) is 48.5 Å². The lowest BCUT2D eigenvalue weighted by atomic mass is 10.1. The van der Waals surface area contributed by atoms with Gasteiger partial charge in [0.2, 0.25) is 5.91 Å². The molecule has 3 rings (SSSR count). The van der Waals surface area contributed by atoms with Crippen molar-refractivity contribution in [2.24, 2.45) is 0 Å². The third-order valence-electron chi connectivity index (χ3n) is 5.17.